The van der Waals surface area contributed by atoms with Gasteiger partial charge in [0.2, 0.25) is 0 Å². The first-order chi connectivity index (χ1) is 13.1. The summed E-state index contributed by atoms with van der Waals surface area (Å²) in [6, 6.07) is 10.8. The molecule has 1 aliphatic rings. The summed E-state index contributed by atoms with van der Waals surface area (Å²) >= 11 is 0. The molecular weight excluding hydrogens is 353 g/mol. The summed E-state index contributed by atoms with van der Waals surface area (Å²) in [6.45, 7) is 1.20. The number of nitriles is 1. The third-order valence-corrected chi connectivity index (χ3v) is 4.82. The lowest BCUT2D eigenvalue weighted by Crippen LogP contribution is -2.34. The van der Waals surface area contributed by atoms with Crippen LogP contribution in [0.15, 0.2) is 36.5 Å². The first kappa shape index (κ1) is 17.3. The van der Waals surface area contributed by atoms with Crippen LogP contribution >= 0.6 is 0 Å². The second kappa shape index (κ2) is 6.89. The Kier molecular flexibility index (Phi) is 4.42. The molecule has 1 atom stereocenters. The fourth-order valence-corrected chi connectivity index (χ4v) is 3.50. The monoisotopic (exact) mass is 368 g/mol. The highest BCUT2D eigenvalue weighted by Gasteiger charge is 2.22. The van der Waals surface area contributed by atoms with Crippen LogP contribution in [0, 0.1) is 28.8 Å². The van der Waals surface area contributed by atoms with Crippen LogP contribution in [0.1, 0.15) is 22.7 Å². The van der Waals surface area contributed by atoms with Crippen molar-refractivity contribution in [2.75, 3.05) is 18.4 Å². The predicted molar refractivity (Wildman–Crippen MR) is 95.7 cm³/mol. The smallest absolute Gasteiger partial charge is 0.196 e. The van der Waals surface area contributed by atoms with Gasteiger partial charge in [0.25, 0.3) is 0 Å². The van der Waals surface area contributed by atoms with E-state index < -0.39 is 17.5 Å². The summed E-state index contributed by atoms with van der Waals surface area (Å²) in [5.74, 6) is -4.26. The van der Waals surface area contributed by atoms with Gasteiger partial charge in [-0.3, -0.25) is 4.98 Å². The molecule has 4 rings (SSSR count). The molecule has 1 unspecified atom stereocenters. The van der Waals surface area contributed by atoms with Gasteiger partial charge in [0.15, 0.2) is 17.5 Å². The van der Waals surface area contributed by atoms with Gasteiger partial charge in [0.05, 0.1) is 11.3 Å². The number of nitrogens with zero attached hydrogens (tertiary/aromatic N) is 2. The Bertz CT molecular complexity index is 1070. The molecule has 0 fully saturated rings. The fraction of sp³-hybridized carbons (Fsp3) is 0.200. The number of fused-ring (bicyclic) bond motifs is 2. The number of anilines is 1. The van der Waals surface area contributed by atoms with E-state index in [-0.39, 0.29) is 28.2 Å². The molecule has 2 aromatic carbocycles. The van der Waals surface area contributed by atoms with Crippen molar-refractivity contribution in [2.24, 2.45) is 0 Å². The topological polar surface area (TPSA) is 60.7 Å². The summed E-state index contributed by atoms with van der Waals surface area (Å²) in [4.78, 5) is 3.79. The van der Waals surface area contributed by atoms with E-state index in [1.807, 2.05) is 24.3 Å². The van der Waals surface area contributed by atoms with E-state index in [1.165, 1.54) is 5.56 Å². The predicted octanol–water partition coefficient (Wildman–Crippen LogP) is 3.82. The Morgan fingerprint density at radius 3 is 2.85 bits per heavy atom. The van der Waals surface area contributed by atoms with Crippen LogP contribution in [0.4, 0.5) is 18.9 Å². The molecule has 1 aromatic heterocycles. The van der Waals surface area contributed by atoms with E-state index in [2.05, 4.69) is 21.7 Å². The van der Waals surface area contributed by atoms with Crippen LogP contribution in [-0.4, -0.2) is 18.1 Å². The maximum Gasteiger partial charge on any atom is 0.196 e. The van der Waals surface area contributed by atoms with Crippen molar-refractivity contribution in [2.45, 2.75) is 12.5 Å². The Balaban J connectivity index is 1.73. The van der Waals surface area contributed by atoms with Crippen LogP contribution in [0.5, 0.6) is 0 Å². The molecule has 0 aliphatic carbocycles. The Morgan fingerprint density at radius 1 is 1.22 bits per heavy atom. The quantitative estimate of drug-likeness (QED) is 0.690. The minimum absolute atomic E-state index is 0.0279. The lowest BCUT2D eigenvalue weighted by Gasteiger charge is -2.27. The minimum Gasteiger partial charge on any atom is -0.381 e. The molecule has 27 heavy (non-hydrogen) atoms. The standard InChI is InChI=1S/C20H15F3N4/c21-15-7-14-19(12(8-24)9-26-20(14)18(23)17(15)22)27-10-16-13-4-2-1-3-11(13)5-6-25-16/h1-4,7,9,16,25H,5-6,10H2,(H,26,27). The third-order valence-electron chi connectivity index (χ3n) is 4.82. The van der Waals surface area contributed by atoms with Crippen molar-refractivity contribution in [3.05, 3.63) is 70.7 Å². The maximum atomic E-state index is 14.1. The van der Waals surface area contributed by atoms with Crippen molar-refractivity contribution >= 4 is 16.6 Å². The van der Waals surface area contributed by atoms with Gasteiger partial charge in [0, 0.05) is 24.2 Å². The number of benzene rings is 2. The molecule has 4 nitrogen and oxygen atoms in total. The van der Waals surface area contributed by atoms with Gasteiger partial charge >= 0.3 is 0 Å². The van der Waals surface area contributed by atoms with Crippen LogP contribution in [0.25, 0.3) is 10.9 Å². The van der Waals surface area contributed by atoms with E-state index in [4.69, 9.17) is 0 Å². The summed E-state index contributed by atoms with van der Waals surface area (Å²) < 4.78 is 41.3. The summed E-state index contributed by atoms with van der Waals surface area (Å²) in [5, 5.41) is 15.9. The maximum absolute atomic E-state index is 14.1. The highest BCUT2D eigenvalue weighted by Crippen LogP contribution is 2.31. The normalized spacial score (nSPS) is 16.0. The zero-order valence-electron chi connectivity index (χ0n) is 14.2. The molecule has 2 N–H and O–H groups in total. The number of pyridine rings is 1. The van der Waals surface area contributed by atoms with E-state index in [0.717, 1.165) is 30.8 Å². The molecule has 0 amide bonds. The van der Waals surface area contributed by atoms with Crippen molar-refractivity contribution in [1.82, 2.24) is 10.3 Å². The molecule has 0 spiro atoms. The lowest BCUT2D eigenvalue weighted by atomic mass is 9.94. The van der Waals surface area contributed by atoms with E-state index in [0.29, 0.717) is 6.54 Å². The van der Waals surface area contributed by atoms with Gasteiger partial charge in [-0.15, -0.1) is 0 Å². The van der Waals surface area contributed by atoms with E-state index in [9.17, 15) is 18.4 Å². The molecule has 0 saturated carbocycles. The Labute approximate surface area is 153 Å². The van der Waals surface area contributed by atoms with E-state index in [1.54, 1.807) is 0 Å². The van der Waals surface area contributed by atoms with Gasteiger partial charge < -0.3 is 10.6 Å². The van der Waals surface area contributed by atoms with Gasteiger partial charge in [-0.2, -0.15) is 5.26 Å². The van der Waals surface area contributed by atoms with E-state index >= 15 is 0 Å². The first-order valence-electron chi connectivity index (χ1n) is 8.51. The summed E-state index contributed by atoms with van der Waals surface area (Å²) in [7, 11) is 0. The summed E-state index contributed by atoms with van der Waals surface area (Å²) in [5.41, 5.74) is 2.44. The van der Waals surface area contributed by atoms with Crippen LogP contribution in [0.2, 0.25) is 0 Å². The third kappa shape index (κ3) is 2.98. The number of hydrogen-bond donors (Lipinski definition) is 2. The van der Waals surface area contributed by atoms with Crippen molar-refractivity contribution in [3.8, 4) is 6.07 Å². The zero-order valence-corrected chi connectivity index (χ0v) is 14.2. The summed E-state index contributed by atoms with van der Waals surface area (Å²) in [6.07, 6.45) is 2.08. The SMILES string of the molecule is N#Cc1cnc2c(F)c(F)c(F)cc2c1NCC1NCCc2ccccc21. The average Bonchev–Trinajstić information content (AvgIpc) is 2.70. The molecule has 3 aromatic rings. The number of halogens is 3. The van der Waals surface area contributed by atoms with Crippen molar-refractivity contribution in [1.29, 1.82) is 5.26 Å². The van der Waals surface area contributed by atoms with Gasteiger partial charge in [-0.25, -0.2) is 13.2 Å². The van der Waals surface area contributed by atoms with Crippen LogP contribution < -0.4 is 10.6 Å². The second-order valence-electron chi connectivity index (χ2n) is 6.38. The van der Waals surface area contributed by atoms with Crippen molar-refractivity contribution in [3.63, 3.8) is 0 Å². The largest absolute Gasteiger partial charge is 0.381 e. The number of rotatable bonds is 3. The molecule has 7 heteroatoms. The number of hydrogen-bond acceptors (Lipinski definition) is 4. The van der Waals surface area contributed by atoms with Gasteiger partial charge in [-0.1, -0.05) is 24.3 Å². The zero-order chi connectivity index (χ0) is 19.0. The molecule has 0 radical (unpaired) electrons. The molecule has 0 bridgehead atoms. The Morgan fingerprint density at radius 2 is 2.04 bits per heavy atom. The molecule has 2 heterocycles. The second-order valence-corrected chi connectivity index (χ2v) is 6.38. The molecular formula is C20H15F3N4. The van der Waals surface area contributed by atoms with Crippen LogP contribution in [0.3, 0.4) is 0 Å². The first-order valence-corrected chi connectivity index (χ1v) is 8.51. The average molecular weight is 368 g/mol. The lowest BCUT2D eigenvalue weighted by molar-refractivity contribution is 0.452. The number of nitrogens with one attached hydrogen (secondary N) is 2. The minimum atomic E-state index is -1.58. The number of aromatic nitrogens is 1. The van der Waals surface area contributed by atoms with Crippen molar-refractivity contribution < 1.29 is 13.2 Å². The molecule has 1 aliphatic heterocycles. The highest BCUT2D eigenvalue weighted by atomic mass is 19.2. The molecule has 136 valence electrons. The fourth-order valence-electron chi connectivity index (χ4n) is 3.50. The van der Waals surface area contributed by atoms with Gasteiger partial charge in [-0.05, 0) is 30.2 Å². The highest BCUT2D eigenvalue weighted by molar-refractivity contribution is 5.94. The Hall–Kier alpha value is -3.11. The molecule has 0 saturated heterocycles. The van der Waals surface area contributed by atoms with Gasteiger partial charge in [0.1, 0.15) is 11.6 Å². The van der Waals surface area contributed by atoms with Crippen LogP contribution in [-0.2, 0) is 6.42 Å².